The smallest absolute Gasteiger partial charge is 0.303 e. The van der Waals surface area contributed by atoms with Crippen molar-refractivity contribution in [3.05, 3.63) is 23.8 Å². The molecule has 1 fully saturated rings. The molecule has 0 radical (unpaired) electrons. The molecule has 0 spiro atoms. The highest BCUT2D eigenvalue weighted by Crippen LogP contribution is 2.18. The molecule has 1 saturated heterocycles. The fraction of sp³-hybridized carbons (Fsp3) is 0.417. The molecule has 2 aromatic rings. The van der Waals surface area contributed by atoms with Gasteiger partial charge in [0.05, 0.1) is 11.0 Å². The minimum Gasteiger partial charge on any atom is -0.323 e. The SMILES string of the molecule is Cc1ccc2nc(NS(=O)(=O)N3CCSCC3)[nH]c2c1. The number of H-pyrrole nitrogens is 1. The maximum atomic E-state index is 12.2. The number of aromatic nitrogens is 2. The molecule has 1 aliphatic rings. The summed E-state index contributed by atoms with van der Waals surface area (Å²) >= 11 is 1.77. The van der Waals surface area contributed by atoms with Gasteiger partial charge in [-0.3, -0.25) is 0 Å². The number of aromatic amines is 1. The van der Waals surface area contributed by atoms with Gasteiger partial charge in [-0.1, -0.05) is 6.07 Å². The fourth-order valence-electron chi connectivity index (χ4n) is 2.15. The molecule has 0 unspecified atom stereocenters. The Kier molecular flexibility index (Phi) is 3.61. The normalized spacial score (nSPS) is 17.4. The van der Waals surface area contributed by atoms with Crippen molar-refractivity contribution in [1.29, 1.82) is 0 Å². The van der Waals surface area contributed by atoms with Gasteiger partial charge in [-0.2, -0.15) is 24.5 Å². The van der Waals surface area contributed by atoms with Crippen LogP contribution in [0.4, 0.5) is 5.95 Å². The Morgan fingerprint density at radius 1 is 1.35 bits per heavy atom. The average Bonchev–Trinajstić information content (AvgIpc) is 2.80. The molecular formula is C12H16N4O2S2. The lowest BCUT2D eigenvalue weighted by molar-refractivity contribution is 0.447. The van der Waals surface area contributed by atoms with E-state index in [9.17, 15) is 8.42 Å². The Balaban J connectivity index is 1.84. The van der Waals surface area contributed by atoms with E-state index in [2.05, 4.69) is 14.7 Å². The highest BCUT2D eigenvalue weighted by atomic mass is 32.2. The Bertz CT molecular complexity index is 720. The predicted octanol–water partition coefficient (Wildman–Crippen LogP) is 1.58. The van der Waals surface area contributed by atoms with Crippen molar-refractivity contribution in [2.45, 2.75) is 6.92 Å². The van der Waals surface area contributed by atoms with Crippen LogP contribution < -0.4 is 4.72 Å². The predicted molar refractivity (Wildman–Crippen MR) is 82.3 cm³/mol. The molecule has 2 N–H and O–H groups in total. The van der Waals surface area contributed by atoms with E-state index < -0.39 is 10.2 Å². The van der Waals surface area contributed by atoms with Crippen molar-refractivity contribution in [3.63, 3.8) is 0 Å². The zero-order valence-corrected chi connectivity index (χ0v) is 12.7. The lowest BCUT2D eigenvalue weighted by Gasteiger charge is -2.25. The van der Waals surface area contributed by atoms with Crippen LogP contribution in [0.15, 0.2) is 18.2 Å². The second kappa shape index (κ2) is 5.27. The second-order valence-corrected chi connectivity index (χ2v) is 7.62. The third-order valence-electron chi connectivity index (χ3n) is 3.17. The molecule has 1 aliphatic heterocycles. The quantitative estimate of drug-likeness (QED) is 0.902. The third-order valence-corrected chi connectivity index (χ3v) is 5.61. The van der Waals surface area contributed by atoms with Crippen molar-refractivity contribution >= 4 is 39.0 Å². The number of hydrogen-bond acceptors (Lipinski definition) is 4. The molecule has 0 aliphatic carbocycles. The highest BCUT2D eigenvalue weighted by Gasteiger charge is 2.24. The first-order chi connectivity index (χ1) is 9.54. The molecule has 3 rings (SSSR count). The number of nitrogens with zero attached hydrogens (tertiary/aromatic N) is 2. The van der Waals surface area contributed by atoms with Gasteiger partial charge in [0.15, 0.2) is 0 Å². The fourth-order valence-corrected chi connectivity index (χ4v) is 4.41. The van der Waals surface area contributed by atoms with E-state index in [1.165, 1.54) is 4.31 Å². The Morgan fingerprint density at radius 2 is 2.10 bits per heavy atom. The van der Waals surface area contributed by atoms with Crippen molar-refractivity contribution in [2.24, 2.45) is 0 Å². The number of fused-ring (bicyclic) bond motifs is 1. The van der Waals surface area contributed by atoms with Crippen LogP contribution in [0, 0.1) is 6.92 Å². The Labute approximate surface area is 122 Å². The van der Waals surface area contributed by atoms with Gasteiger partial charge in [0, 0.05) is 24.6 Å². The minimum atomic E-state index is -3.52. The van der Waals surface area contributed by atoms with Crippen LogP contribution in [-0.4, -0.2) is 47.3 Å². The van der Waals surface area contributed by atoms with Crippen LogP contribution in [0.3, 0.4) is 0 Å². The van der Waals surface area contributed by atoms with Crippen LogP contribution in [0.1, 0.15) is 5.56 Å². The number of benzene rings is 1. The van der Waals surface area contributed by atoms with Gasteiger partial charge in [0.1, 0.15) is 0 Å². The molecule has 1 aromatic heterocycles. The number of rotatable bonds is 3. The van der Waals surface area contributed by atoms with Crippen LogP contribution in [0.25, 0.3) is 11.0 Å². The van der Waals surface area contributed by atoms with Crippen molar-refractivity contribution in [2.75, 3.05) is 29.3 Å². The molecule has 0 saturated carbocycles. The first-order valence-corrected chi connectivity index (χ1v) is 8.96. The average molecular weight is 312 g/mol. The molecule has 0 atom stereocenters. The Hall–Kier alpha value is -1.25. The van der Waals surface area contributed by atoms with Crippen molar-refractivity contribution < 1.29 is 8.42 Å². The topological polar surface area (TPSA) is 78.1 Å². The summed E-state index contributed by atoms with van der Waals surface area (Å²) < 4.78 is 28.5. The number of aryl methyl sites for hydroxylation is 1. The standard InChI is InChI=1S/C12H16N4O2S2/c1-9-2-3-10-11(8-9)14-12(13-10)15-20(17,18)16-4-6-19-7-5-16/h2-3,8H,4-7H2,1H3,(H2,13,14,15). The summed E-state index contributed by atoms with van der Waals surface area (Å²) in [5, 5.41) is 0. The van der Waals surface area contributed by atoms with Gasteiger partial charge in [0.2, 0.25) is 5.95 Å². The van der Waals surface area contributed by atoms with Crippen LogP contribution in [-0.2, 0) is 10.2 Å². The lowest BCUT2D eigenvalue weighted by Crippen LogP contribution is -2.41. The molecule has 8 heteroatoms. The number of imidazole rings is 1. The molecule has 6 nitrogen and oxygen atoms in total. The summed E-state index contributed by atoms with van der Waals surface area (Å²) in [5.41, 5.74) is 2.68. The monoisotopic (exact) mass is 312 g/mol. The number of anilines is 1. The van der Waals surface area contributed by atoms with E-state index >= 15 is 0 Å². The summed E-state index contributed by atoms with van der Waals surface area (Å²) in [6, 6.07) is 5.76. The zero-order valence-electron chi connectivity index (χ0n) is 11.1. The van der Waals surface area contributed by atoms with Crippen molar-refractivity contribution in [3.8, 4) is 0 Å². The maximum Gasteiger partial charge on any atom is 0.303 e. The first-order valence-electron chi connectivity index (χ1n) is 6.37. The summed E-state index contributed by atoms with van der Waals surface area (Å²) in [6.45, 7) is 3.06. The lowest BCUT2D eigenvalue weighted by atomic mass is 10.2. The van der Waals surface area contributed by atoms with Gasteiger partial charge in [0.25, 0.3) is 0 Å². The van der Waals surface area contributed by atoms with Gasteiger partial charge in [-0.15, -0.1) is 0 Å². The molecule has 108 valence electrons. The number of hydrogen-bond donors (Lipinski definition) is 2. The zero-order chi connectivity index (χ0) is 14.2. The third kappa shape index (κ3) is 2.77. The summed E-state index contributed by atoms with van der Waals surface area (Å²) in [4.78, 5) is 7.25. The molecule has 0 amide bonds. The van der Waals surface area contributed by atoms with Crippen LogP contribution >= 0.6 is 11.8 Å². The minimum absolute atomic E-state index is 0.267. The van der Waals surface area contributed by atoms with Crippen molar-refractivity contribution in [1.82, 2.24) is 14.3 Å². The van der Waals surface area contributed by atoms with E-state index in [-0.39, 0.29) is 5.95 Å². The summed E-state index contributed by atoms with van der Waals surface area (Å²) in [6.07, 6.45) is 0. The van der Waals surface area contributed by atoms with Crippen LogP contribution in [0.5, 0.6) is 0 Å². The van der Waals surface area contributed by atoms with Gasteiger partial charge >= 0.3 is 10.2 Å². The maximum absolute atomic E-state index is 12.2. The second-order valence-electron chi connectivity index (χ2n) is 4.72. The van der Waals surface area contributed by atoms with Gasteiger partial charge < -0.3 is 4.98 Å². The summed E-state index contributed by atoms with van der Waals surface area (Å²) in [7, 11) is -3.52. The van der Waals surface area contributed by atoms with E-state index in [0.29, 0.717) is 13.1 Å². The molecule has 1 aromatic carbocycles. The van der Waals surface area contributed by atoms with E-state index in [1.807, 2.05) is 25.1 Å². The molecule has 20 heavy (non-hydrogen) atoms. The van der Waals surface area contributed by atoms with Gasteiger partial charge in [-0.25, -0.2) is 9.71 Å². The molecular weight excluding hydrogens is 296 g/mol. The van der Waals surface area contributed by atoms with E-state index in [0.717, 1.165) is 28.1 Å². The first kappa shape index (κ1) is 13.7. The largest absolute Gasteiger partial charge is 0.323 e. The van der Waals surface area contributed by atoms with E-state index in [1.54, 1.807) is 11.8 Å². The summed E-state index contributed by atoms with van der Waals surface area (Å²) in [5.74, 6) is 1.93. The van der Waals surface area contributed by atoms with E-state index in [4.69, 9.17) is 0 Å². The van der Waals surface area contributed by atoms with Crippen LogP contribution in [0.2, 0.25) is 0 Å². The highest BCUT2D eigenvalue weighted by molar-refractivity contribution is 7.99. The number of nitrogens with one attached hydrogen (secondary N) is 2. The molecule has 0 bridgehead atoms. The Morgan fingerprint density at radius 3 is 2.85 bits per heavy atom. The molecule has 2 heterocycles. The number of thioether (sulfide) groups is 1. The van der Waals surface area contributed by atoms with Gasteiger partial charge in [-0.05, 0) is 24.6 Å².